The number of aliphatic hydroxyl groups is 5. The van der Waals surface area contributed by atoms with Crippen LogP contribution in [0.5, 0.6) is 0 Å². The van der Waals surface area contributed by atoms with Crippen LogP contribution in [0.3, 0.4) is 0 Å². The summed E-state index contributed by atoms with van der Waals surface area (Å²) in [4.78, 5) is 12.7. The van der Waals surface area contributed by atoms with Crippen LogP contribution in [-0.4, -0.2) is 87.5 Å². The number of unbranched alkanes of at least 4 members (excludes halogenated alkanes) is 23. The Balaban J connectivity index is 2.09. The summed E-state index contributed by atoms with van der Waals surface area (Å²) in [5, 5.41) is 53.3. The maximum Gasteiger partial charge on any atom is 0.220 e. The first-order valence-electron chi connectivity index (χ1n) is 20.4. The van der Waals surface area contributed by atoms with Gasteiger partial charge in [0, 0.05) is 6.42 Å². The van der Waals surface area contributed by atoms with Crippen LogP contribution in [0.25, 0.3) is 0 Å². The molecule has 1 heterocycles. The van der Waals surface area contributed by atoms with E-state index >= 15 is 0 Å². The molecular formula is C40H77NO8. The van der Waals surface area contributed by atoms with Gasteiger partial charge in [-0.3, -0.25) is 4.79 Å². The summed E-state index contributed by atoms with van der Waals surface area (Å²) in [6, 6.07) is -0.794. The molecule has 0 spiro atoms. The van der Waals surface area contributed by atoms with Crippen molar-refractivity contribution in [3.8, 4) is 0 Å². The molecule has 0 aromatic heterocycles. The van der Waals surface area contributed by atoms with Crippen LogP contribution in [0.15, 0.2) is 12.2 Å². The Hall–Kier alpha value is -1.07. The third-order valence-electron chi connectivity index (χ3n) is 9.84. The molecule has 0 bridgehead atoms. The molecule has 1 fully saturated rings. The standard InChI is InChI=1S/C40H77NO8/c1-3-5-7-8-9-10-11-12-13-14-15-16-17-18-19-20-21-22-23-24-25-26-28-30-36(44)41-33(34(43)29-27-6-4-2)32-48-40-39(47)38(46)37(45)35(31-42)49-40/h27,29,33-35,37-40,42-43,45-47H,3-26,28,30-32H2,1-2H3,(H,41,44)/b29-27+. The molecule has 0 saturated carbocycles. The number of allylic oxidation sites excluding steroid dienone is 1. The second kappa shape index (κ2) is 31.6. The Kier molecular flexibility index (Phi) is 29.7. The van der Waals surface area contributed by atoms with E-state index in [0.717, 1.165) is 32.1 Å². The highest BCUT2D eigenvalue weighted by molar-refractivity contribution is 5.76. The summed E-state index contributed by atoms with van der Waals surface area (Å²) < 4.78 is 11.0. The molecule has 7 atom stereocenters. The van der Waals surface area contributed by atoms with Crippen molar-refractivity contribution in [2.75, 3.05) is 13.2 Å². The smallest absolute Gasteiger partial charge is 0.220 e. The van der Waals surface area contributed by atoms with E-state index in [-0.39, 0.29) is 12.5 Å². The predicted octanol–water partition coefficient (Wildman–Crippen LogP) is 7.39. The lowest BCUT2D eigenvalue weighted by Crippen LogP contribution is -2.60. The van der Waals surface area contributed by atoms with E-state index in [1.807, 2.05) is 13.0 Å². The number of rotatable bonds is 33. The quantitative estimate of drug-likeness (QED) is 0.0307. The minimum Gasteiger partial charge on any atom is -0.394 e. The molecule has 0 aromatic carbocycles. The van der Waals surface area contributed by atoms with E-state index in [2.05, 4.69) is 12.2 Å². The van der Waals surface area contributed by atoms with E-state index in [1.54, 1.807) is 6.08 Å². The zero-order chi connectivity index (χ0) is 36.0. The molecule has 0 radical (unpaired) electrons. The van der Waals surface area contributed by atoms with Gasteiger partial charge in [-0.05, 0) is 12.8 Å². The van der Waals surface area contributed by atoms with Crippen molar-refractivity contribution in [2.45, 2.75) is 224 Å². The third-order valence-corrected chi connectivity index (χ3v) is 9.84. The van der Waals surface area contributed by atoms with Crippen molar-refractivity contribution in [1.82, 2.24) is 5.32 Å². The molecule has 0 aromatic rings. The monoisotopic (exact) mass is 700 g/mol. The van der Waals surface area contributed by atoms with Crippen molar-refractivity contribution in [3.05, 3.63) is 12.2 Å². The minimum absolute atomic E-state index is 0.186. The molecule has 290 valence electrons. The molecular weight excluding hydrogens is 622 g/mol. The number of aliphatic hydroxyl groups excluding tert-OH is 5. The largest absolute Gasteiger partial charge is 0.394 e. The van der Waals surface area contributed by atoms with Gasteiger partial charge in [-0.15, -0.1) is 0 Å². The fraction of sp³-hybridized carbons (Fsp3) is 0.925. The number of carbonyl (C=O) groups excluding carboxylic acids is 1. The van der Waals surface area contributed by atoms with Crippen LogP contribution in [0, 0.1) is 0 Å². The van der Waals surface area contributed by atoms with Gasteiger partial charge in [-0.1, -0.05) is 174 Å². The Morgan fingerprint density at radius 3 is 1.55 bits per heavy atom. The van der Waals surface area contributed by atoms with Crippen LogP contribution in [0.4, 0.5) is 0 Å². The van der Waals surface area contributed by atoms with Crippen molar-refractivity contribution < 1.29 is 39.8 Å². The molecule has 1 aliphatic rings. The lowest BCUT2D eigenvalue weighted by atomic mass is 9.99. The normalized spacial score (nSPS) is 22.5. The number of ether oxygens (including phenoxy) is 2. The molecule has 9 nitrogen and oxygen atoms in total. The van der Waals surface area contributed by atoms with E-state index < -0.39 is 49.5 Å². The van der Waals surface area contributed by atoms with Gasteiger partial charge in [-0.2, -0.15) is 0 Å². The summed E-state index contributed by atoms with van der Waals surface area (Å²) in [7, 11) is 0. The number of carbonyl (C=O) groups is 1. The van der Waals surface area contributed by atoms with E-state index in [0.29, 0.717) is 6.42 Å². The van der Waals surface area contributed by atoms with Crippen molar-refractivity contribution >= 4 is 5.91 Å². The molecule has 0 aliphatic carbocycles. The average Bonchev–Trinajstić information content (AvgIpc) is 3.10. The minimum atomic E-state index is -1.56. The molecule has 7 unspecified atom stereocenters. The van der Waals surface area contributed by atoms with E-state index in [9.17, 15) is 30.3 Å². The molecule has 1 amide bonds. The van der Waals surface area contributed by atoms with Crippen LogP contribution < -0.4 is 5.32 Å². The molecule has 1 saturated heterocycles. The molecule has 1 rings (SSSR count). The maximum atomic E-state index is 12.7. The van der Waals surface area contributed by atoms with E-state index in [1.165, 1.54) is 128 Å². The fourth-order valence-corrected chi connectivity index (χ4v) is 6.52. The van der Waals surface area contributed by atoms with Crippen molar-refractivity contribution in [3.63, 3.8) is 0 Å². The lowest BCUT2D eigenvalue weighted by molar-refractivity contribution is -0.302. The molecule has 9 heteroatoms. The Morgan fingerprint density at radius 1 is 0.673 bits per heavy atom. The highest BCUT2D eigenvalue weighted by Crippen LogP contribution is 2.22. The topological polar surface area (TPSA) is 149 Å². The summed E-state index contributed by atoms with van der Waals surface area (Å²) >= 11 is 0. The van der Waals surface area contributed by atoms with Crippen molar-refractivity contribution in [2.24, 2.45) is 0 Å². The second-order valence-corrected chi connectivity index (χ2v) is 14.4. The van der Waals surface area contributed by atoms with Gasteiger partial charge in [-0.25, -0.2) is 0 Å². The zero-order valence-corrected chi connectivity index (χ0v) is 31.5. The zero-order valence-electron chi connectivity index (χ0n) is 31.5. The number of nitrogens with one attached hydrogen (secondary N) is 1. The predicted molar refractivity (Wildman–Crippen MR) is 198 cm³/mol. The third kappa shape index (κ3) is 23.2. The maximum absolute atomic E-state index is 12.7. The number of amides is 1. The van der Waals surface area contributed by atoms with Gasteiger partial charge in [0.2, 0.25) is 5.91 Å². The van der Waals surface area contributed by atoms with Gasteiger partial charge in [0.25, 0.3) is 0 Å². The summed E-state index contributed by atoms with van der Waals surface area (Å²) in [6.07, 6.45) is 27.9. The van der Waals surface area contributed by atoms with Crippen molar-refractivity contribution in [1.29, 1.82) is 0 Å². The van der Waals surface area contributed by atoms with Crippen LogP contribution >= 0.6 is 0 Å². The Morgan fingerprint density at radius 2 is 1.12 bits per heavy atom. The summed E-state index contributed by atoms with van der Waals surface area (Å²) in [6.45, 7) is 3.56. The SMILES string of the molecule is CCC/C=C/C(O)C(COC1OC(CO)C(O)C(O)C1O)NC(=O)CCCCCCCCCCCCCCCCCCCCCCCCC. The first-order chi connectivity index (χ1) is 23.8. The number of hydrogen-bond acceptors (Lipinski definition) is 8. The van der Waals surface area contributed by atoms with Crippen LogP contribution in [-0.2, 0) is 14.3 Å². The van der Waals surface area contributed by atoms with Gasteiger partial charge in [0.05, 0.1) is 25.4 Å². The highest BCUT2D eigenvalue weighted by Gasteiger charge is 2.44. The first kappa shape index (κ1) is 46.0. The van der Waals surface area contributed by atoms with Gasteiger partial charge in [0.1, 0.15) is 24.4 Å². The van der Waals surface area contributed by atoms with Crippen LogP contribution in [0.1, 0.15) is 181 Å². The molecule has 6 N–H and O–H groups in total. The fourth-order valence-electron chi connectivity index (χ4n) is 6.52. The molecule has 49 heavy (non-hydrogen) atoms. The lowest BCUT2D eigenvalue weighted by Gasteiger charge is -2.40. The first-order valence-corrected chi connectivity index (χ1v) is 20.4. The van der Waals surface area contributed by atoms with E-state index in [4.69, 9.17) is 9.47 Å². The Bertz CT molecular complexity index is 781. The summed E-state index contributed by atoms with van der Waals surface area (Å²) in [5.74, 6) is -0.186. The van der Waals surface area contributed by atoms with Crippen LogP contribution in [0.2, 0.25) is 0 Å². The summed E-state index contributed by atoms with van der Waals surface area (Å²) in [5.41, 5.74) is 0. The second-order valence-electron chi connectivity index (χ2n) is 14.4. The highest BCUT2D eigenvalue weighted by atomic mass is 16.7. The number of hydrogen-bond donors (Lipinski definition) is 6. The average molecular weight is 700 g/mol. The van der Waals surface area contributed by atoms with Gasteiger partial charge >= 0.3 is 0 Å². The van der Waals surface area contributed by atoms with Gasteiger partial charge in [0.15, 0.2) is 6.29 Å². The molecule has 1 aliphatic heterocycles. The van der Waals surface area contributed by atoms with Gasteiger partial charge < -0.3 is 40.3 Å². The Labute approximate surface area is 299 Å².